The van der Waals surface area contributed by atoms with E-state index in [4.69, 9.17) is 4.74 Å². The predicted molar refractivity (Wildman–Crippen MR) is 105 cm³/mol. The van der Waals surface area contributed by atoms with Crippen LogP contribution < -0.4 is 15.0 Å². The highest BCUT2D eigenvalue weighted by atomic mass is 16.6. The van der Waals surface area contributed by atoms with Crippen LogP contribution in [0.25, 0.3) is 0 Å². The predicted octanol–water partition coefficient (Wildman–Crippen LogP) is 4.94. The molecule has 0 aliphatic heterocycles. The van der Waals surface area contributed by atoms with Gasteiger partial charge in [0.05, 0.1) is 0 Å². The summed E-state index contributed by atoms with van der Waals surface area (Å²) in [6, 6.07) is 16.3. The van der Waals surface area contributed by atoms with Crippen LogP contribution in [0.15, 0.2) is 54.6 Å². The van der Waals surface area contributed by atoms with Crippen LogP contribution in [0.2, 0.25) is 0 Å². The second kappa shape index (κ2) is 9.04. The molecule has 0 saturated heterocycles. The molecule has 1 N–H and O–H groups in total. The molecule has 0 aliphatic carbocycles. The fourth-order valence-electron chi connectivity index (χ4n) is 2.34. The summed E-state index contributed by atoms with van der Waals surface area (Å²) in [5.74, 6) is 0.473. The first-order valence-corrected chi connectivity index (χ1v) is 8.82. The number of hydrogen-bond acceptors (Lipinski definition) is 3. The molecule has 0 heterocycles. The van der Waals surface area contributed by atoms with Crippen LogP contribution in [-0.2, 0) is 4.79 Å². The van der Waals surface area contributed by atoms with Crippen LogP contribution >= 0.6 is 0 Å². The van der Waals surface area contributed by atoms with Crippen LogP contribution in [0.4, 0.5) is 16.2 Å². The number of anilines is 2. The molecule has 0 radical (unpaired) electrons. The van der Waals surface area contributed by atoms with E-state index >= 15 is 0 Å². The van der Waals surface area contributed by atoms with Crippen molar-refractivity contribution in [2.75, 3.05) is 16.8 Å². The summed E-state index contributed by atoms with van der Waals surface area (Å²) in [6.07, 6.45) is -0.447. The van der Waals surface area contributed by atoms with Crippen molar-refractivity contribution in [2.45, 2.75) is 27.7 Å². The quantitative estimate of drug-likeness (QED) is 0.799. The van der Waals surface area contributed by atoms with Gasteiger partial charge >= 0.3 is 6.09 Å². The molecule has 5 nitrogen and oxygen atoms in total. The molecular formula is C21H26N2O3. The van der Waals surface area contributed by atoms with Crippen LogP contribution in [0.5, 0.6) is 5.75 Å². The van der Waals surface area contributed by atoms with Gasteiger partial charge in [0, 0.05) is 29.9 Å². The molecule has 0 unspecified atom stereocenters. The molecule has 0 bridgehead atoms. The number of ether oxygens (including phenoxy) is 1. The van der Waals surface area contributed by atoms with Gasteiger partial charge in [-0.3, -0.25) is 9.69 Å². The number of benzene rings is 2. The molecule has 2 rings (SSSR count). The Kier molecular flexibility index (Phi) is 6.78. The number of para-hydroxylation sites is 1. The van der Waals surface area contributed by atoms with Crippen molar-refractivity contribution >= 4 is 23.4 Å². The number of carbonyl (C=O) groups is 2. The highest BCUT2D eigenvalue weighted by Gasteiger charge is 2.19. The Morgan fingerprint density at radius 2 is 1.69 bits per heavy atom. The average Bonchev–Trinajstić information content (AvgIpc) is 2.60. The van der Waals surface area contributed by atoms with Gasteiger partial charge in [0.15, 0.2) is 0 Å². The molecular weight excluding hydrogens is 328 g/mol. The maximum atomic E-state index is 12.7. The molecule has 2 aromatic carbocycles. The minimum Gasteiger partial charge on any atom is -0.410 e. The van der Waals surface area contributed by atoms with Gasteiger partial charge in [-0.2, -0.15) is 0 Å². The zero-order chi connectivity index (χ0) is 19.1. The molecule has 26 heavy (non-hydrogen) atoms. The third-order valence-corrected chi connectivity index (χ3v) is 3.67. The van der Waals surface area contributed by atoms with Crippen molar-refractivity contribution in [1.29, 1.82) is 0 Å². The molecule has 0 fully saturated rings. The number of nitrogens with zero attached hydrogens (tertiary/aromatic N) is 1. The topological polar surface area (TPSA) is 58.6 Å². The number of hydrogen-bond donors (Lipinski definition) is 1. The molecule has 2 aromatic rings. The Balaban J connectivity index is 2.15. The van der Waals surface area contributed by atoms with Gasteiger partial charge in [-0.15, -0.1) is 0 Å². The zero-order valence-corrected chi connectivity index (χ0v) is 15.7. The van der Waals surface area contributed by atoms with Gasteiger partial charge in [-0.1, -0.05) is 52.0 Å². The largest absolute Gasteiger partial charge is 0.419 e. The van der Waals surface area contributed by atoms with E-state index < -0.39 is 6.09 Å². The number of nitrogens with one attached hydrogen (secondary N) is 1. The Hall–Kier alpha value is -2.82. The van der Waals surface area contributed by atoms with Crippen molar-refractivity contribution in [3.05, 3.63) is 54.6 Å². The summed E-state index contributed by atoms with van der Waals surface area (Å²) < 4.78 is 5.55. The molecule has 2 amide bonds. The van der Waals surface area contributed by atoms with Crippen molar-refractivity contribution < 1.29 is 14.3 Å². The van der Waals surface area contributed by atoms with E-state index in [-0.39, 0.29) is 11.8 Å². The third kappa shape index (κ3) is 5.62. The summed E-state index contributed by atoms with van der Waals surface area (Å²) in [5.41, 5.74) is 1.39. The smallest absolute Gasteiger partial charge is 0.410 e. The SMILES string of the molecule is CC(C)CN(C(=O)Oc1cccc(NC(=O)C(C)C)c1)c1ccccc1. The lowest BCUT2D eigenvalue weighted by molar-refractivity contribution is -0.118. The molecule has 0 spiro atoms. The molecule has 5 heteroatoms. The van der Waals surface area contributed by atoms with Crippen molar-refractivity contribution in [1.82, 2.24) is 0 Å². The lowest BCUT2D eigenvalue weighted by atomic mass is 10.2. The van der Waals surface area contributed by atoms with Gasteiger partial charge in [-0.25, -0.2) is 4.79 Å². The monoisotopic (exact) mass is 354 g/mol. The normalized spacial score (nSPS) is 10.7. The molecule has 0 aromatic heterocycles. The van der Waals surface area contributed by atoms with Crippen LogP contribution in [0, 0.1) is 11.8 Å². The van der Waals surface area contributed by atoms with E-state index in [2.05, 4.69) is 5.32 Å². The summed E-state index contributed by atoms with van der Waals surface area (Å²) in [7, 11) is 0. The molecule has 0 atom stereocenters. The van der Waals surface area contributed by atoms with Crippen LogP contribution in [-0.4, -0.2) is 18.5 Å². The Bertz CT molecular complexity index is 742. The summed E-state index contributed by atoms with van der Waals surface area (Å²) >= 11 is 0. The Morgan fingerprint density at radius 3 is 2.31 bits per heavy atom. The number of amides is 2. The van der Waals surface area contributed by atoms with E-state index in [1.807, 2.05) is 58.0 Å². The van der Waals surface area contributed by atoms with E-state index in [9.17, 15) is 9.59 Å². The van der Waals surface area contributed by atoms with E-state index in [1.54, 1.807) is 29.2 Å². The minimum atomic E-state index is -0.447. The first kappa shape index (κ1) is 19.5. The van der Waals surface area contributed by atoms with Gasteiger partial charge in [0.2, 0.25) is 5.91 Å². The van der Waals surface area contributed by atoms with Gasteiger partial charge in [0.25, 0.3) is 0 Å². The molecule has 0 aliphatic rings. The average molecular weight is 354 g/mol. The maximum Gasteiger partial charge on any atom is 0.419 e. The third-order valence-electron chi connectivity index (χ3n) is 3.67. The maximum absolute atomic E-state index is 12.7. The van der Waals surface area contributed by atoms with E-state index in [0.29, 0.717) is 23.9 Å². The Labute approximate surface area is 155 Å². The lowest BCUT2D eigenvalue weighted by Gasteiger charge is -2.24. The first-order valence-electron chi connectivity index (χ1n) is 8.82. The molecule has 138 valence electrons. The van der Waals surface area contributed by atoms with E-state index in [0.717, 1.165) is 5.69 Å². The fraction of sp³-hybridized carbons (Fsp3) is 0.333. The molecule has 0 saturated carbocycles. The fourth-order valence-corrected chi connectivity index (χ4v) is 2.34. The second-order valence-corrected chi connectivity index (χ2v) is 6.88. The van der Waals surface area contributed by atoms with Gasteiger partial charge in [-0.05, 0) is 30.2 Å². The Morgan fingerprint density at radius 1 is 1.00 bits per heavy atom. The minimum absolute atomic E-state index is 0.0841. The van der Waals surface area contributed by atoms with Crippen LogP contribution in [0.1, 0.15) is 27.7 Å². The standard InChI is InChI=1S/C21H26N2O3/c1-15(2)14-23(18-10-6-5-7-11-18)21(25)26-19-12-8-9-17(13-19)22-20(24)16(3)4/h5-13,15-16H,14H2,1-4H3,(H,22,24). The van der Waals surface area contributed by atoms with Gasteiger partial charge < -0.3 is 10.1 Å². The van der Waals surface area contributed by atoms with E-state index in [1.165, 1.54) is 0 Å². The first-order chi connectivity index (χ1) is 12.4. The lowest BCUT2D eigenvalue weighted by Crippen LogP contribution is -2.36. The highest BCUT2D eigenvalue weighted by Crippen LogP contribution is 2.21. The van der Waals surface area contributed by atoms with Crippen molar-refractivity contribution in [3.8, 4) is 5.75 Å². The number of rotatable bonds is 6. The van der Waals surface area contributed by atoms with Crippen LogP contribution in [0.3, 0.4) is 0 Å². The second-order valence-electron chi connectivity index (χ2n) is 6.88. The summed E-state index contributed by atoms with van der Waals surface area (Å²) in [4.78, 5) is 26.2. The summed E-state index contributed by atoms with van der Waals surface area (Å²) in [5, 5.41) is 2.80. The zero-order valence-electron chi connectivity index (χ0n) is 15.7. The number of carbonyl (C=O) groups excluding carboxylic acids is 2. The van der Waals surface area contributed by atoms with Gasteiger partial charge in [0.1, 0.15) is 5.75 Å². The van der Waals surface area contributed by atoms with Crippen molar-refractivity contribution in [3.63, 3.8) is 0 Å². The highest BCUT2D eigenvalue weighted by molar-refractivity contribution is 5.92. The van der Waals surface area contributed by atoms with Crippen molar-refractivity contribution in [2.24, 2.45) is 11.8 Å². The summed E-state index contributed by atoms with van der Waals surface area (Å²) in [6.45, 7) is 8.29.